The van der Waals surface area contributed by atoms with Gasteiger partial charge in [-0.2, -0.15) is 0 Å². The van der Waals surface area contributed by atoms with E-state index in [0.717, 1.165) is 71.9 Å². The van der Waals surface area contributed by atoms with Crippen LogP contribution in [-0.4, -0.2) is 25.2 Å². The Hall–Kier alpha value is -2.01. The van der Waals surface area contributed by atoms with Gasteiger partial charge in [0.25, 0.3) is 5.56 Å². The first-order valence-corrected chi connectivity index (χ1v) is 9.46. The Morgan fingerprint density at radius 1 is 1.24 bits per heavy atom. The van der Waals surface area contributed by atoms with Gasteiger partial charge in [0.05, 0.1) is 23.7 Å². The van der Waals surface area contributed by atoms with E-state index < -0.39 is 0 Å². The Morgan fingerprint density at radius 2 is 2.08 bits per heavy atom. The van der Waals surface area contributed by atoms with E-state index in [9.17, 15) is 4.79 Å². The maximum atomic E-state index is 12.4. The molecular weight excluding hydrogens is 314 g/mol. The fourth-order valence-electron chi connectivity index (χ4n) is 4.30. The van der Waals surface area contributed by atoms with Gasteiger partial charge in [0.15, 0.2) is 0 Å². The van der Waals surface area contributed by atoms with Crippen molar-refractivity contribution in [3.05, 3.63) is 33.6 Å². The van der Waals surface area contributed by atoms with Crippen LogP contribution in [0.4, 0.5) is 5.69 Å². The number of pyridine rings is 1. The van der Waals surface area contributed by atoms with E-state index in [1.807, 2.05) is 0 Å². The standard InChI is InChI=1S/C20H27N3O2/c1-25-17-10-14(12-21-11-13-5-2-3-6-13)9-16-18(17)19-15(20(24)23-16)7-4-8-22-19/h9-10,13,21-22H,2-8,11-12H2,1H3,(H,23,24). The smallest absolute Gasteiger partial charge is 0.253 e. The first kappa shape index (κ1) is 16.5. The number of H-pyrrole nitrogens is 1. The molecule has 1 fully saturated rings. The molecule has 1 aliphatic heterocycles. The lowest BCUT2D eigenvalue weighted by atomic mass is 9.99. The highest BCUT2D eigenvalue weighted by molar-refractivity contribution is 5.98. The Kier molecular flexibility index (Phi) is 4.66. The van der Waals surface area contributed by atoms with Crippen LogP contribution in [0, 0.1) is 5.92 Å². The zero-order chi connectivity index (χ0) is 17.2. The fourth-order valence-corrected chi connectivity index (χ4v) is 4.30. The normalized spacial score (nSPS) is 17.5. The molecule has 1 saturated carbocycles. The van der Waals surface area contributed by atoms with Gasteiger partial charge in [0, 0.05) is 18.7 Å². The molecule has 0 radical (unpaired) electrons. The van der Waals surface area contributed by atoms with E-state index in [2.05, 4.69) is 27.8 Å². The molecule has 2 heterocycles. The molecule has 0 unspecified atom stereocenters. The molecule has 5 heteroatoms. The van der Waals surface area contributed by atoms with Crippen molar-refractivity contribution < 1.29 is 4.74 Å². The lowest BCUT2D eigenvalue weighted by Gasteiger charge is -2.21. The van der Waals surface area contributed by atoms with Gasteiger partial charge in [-0.15, -0.1) is 0 Å². The summed E-state index contributed by atoms with van der Waals surface area (Å²) in [6.07, 6.45) is 7.25. The predicted molar refractivity (Wildman–Crippen MR) is 102 cm³/mol. The second-order valence-electron chi connectivity index (χ2n) is 7.34. The van der Waals surface area contributed by atoms with Crippen molar-refractivity contribution in [2.24, 2.45) is 5.92 Å². The van der Waals surface area contributed by atoms with Crippen molar-refractivity contribution in [3.8, 4) is 5.75 Å². The summed E-state index contributed by atoms with van der Waals surface area (Å²) in [7, 11) is 1.70. The first-order chi connectivity index (χ1) is 12.3. The van der Waals surface area contributed by atoms with Crippen molar-refractivity contribution in [1.82, 2.24) is 10.3 Å². The minimum absolute atomic E-state index is 0.0211. The largest absolute Gasteiger partial charge is 0.496 e. The Balaban J connectivity index is 1.64. The van der Waals surface area contributed by atoms with Crippen LogP contribution in [0.1, 0.15) is 43.2 Å². The van der Waals surface area contributed by atoms with E-state index >= 15 is 0 Å². The molecule has 25 heavy (non-hydrogen) atoms. The van der Waals surface area contributed by atoms with E-state index in [1.54, 1.807) is 7.11 Å². The summed E-state index contributed by atoms with van der Waals surface area (Å²) in [4.78, 5) is 15.5. The number of benzene rings is 1. The van der Waals surface area contributed by atoms with Crippen LogP contribution in [-0.2, 0) is 13.0 Å². The van der Waals surface area contributed by atoms with Gasteiger partial charge >= 0.3 is 0 Å². The highest BCUT2D eigenvalue weighted by Crippen LogP contribution is 2.35. The Bertz CT molecular complexity index is 822. The number of methoxy groups -OCH3 is 1. The number of anilines is 1. The molecule has 0 atom stereocenters. The van der Waals surface area contributed by atoms with Gasteiger partial charge in [-0.25, -0.2) is 0 Å². The molecule has 4 rings (SSSR count). The van der Waals surface area contributed by atoms with Crippen LogP contribution in [0.25, 0.3) is 10.9 Å². The average Bonchev–Trinajstić information content (AvgIpc) is 3.14. The van der Waals surface area contributed by atoms with Crippen LogP contribution in [0.5, 0.6) is 5.75 Å². The lowest BCUT2D eigenvalue weighted by molar-refractivity contribution is 0.418. The summed E-state index contributed by atoms with van der Waals surface area (Å²) in [5.74, 6) is 1.65. The van der Waals surface area contributed by atoms with E-state index in [4.69, 9.17) is 4.74 Å². The quantitative estimate of drug-likeness (QED) is 0.781. The second-order valence-corrected chi connectivity index (χ2v) is 7.34. The van der Waals surface area contributed by atoms with E-state index in [0.29, 0.717) is 0 Å². The highest BCUT2D eigenvalue weighted by Gasteiger charge is 2.20. The highest BCUT2D eigenvalue weighted by atomic mass is 16.5. The van der Waals surface area contributed by atoms with Gasteiger partial charge in [0.1, 0.15) is 5.75 Å². The SMILES string of the molecule is COc1cc(CNCC2CCCC2)cc2[nH]c(=O)c3c(c12)NCCC3. The summed E-state index contributed by atoms with van der Waals surface area (Å²) < 4.78 is 5.66. The maximum absolute atomic E-state index is 12.4. The van der Waals surface area contributed by atoms with Crippen molar-refractivity contribution in [1.29, 1.82) is 0 Å². The second kappa shape index (κ2) is 7.08. The molecule has 1 aliphatic carbocycles. The molecule has 3 N–H and O–H groups in total. The molecule has 2 aliphatic rings. The minimum Gasteiger partial charge on any atom is -0.496 e. The molecule has 0 spiro atoms. The van der Waals surface area contributed by atoms with E-state index in [-0.39, 0.29) is 5.56 Å². The molecule has 0 amide bonds. The number of aromatic amines is 1. The minimum atomic E-state index is 0.0211. The van der Waals surface area contributed by atoms with Gasteiger partial charge < -0.3 is 20.4 Å². The van der Waals surface area contributed by atoms with Gasteiger partial charge in [-0.05, 0) is 55.8 Å². The third-order valence-electron chi connectivity index (χ3n) is 5.60. The Morgan fingerprint density at radius 3 is 2.88 bits per heavy atom. The summed E-state index contributed by atoms with van der Waals surface area (Å²) >= 11 is 0. The van der Waals surface area contributed by atoms with E-state index in [1.165, 1.54) is 25.7 Å². The predicted octanol–water partition coefficient (Wildman–Crippen LogP) is 3.17. The molecular formula is C20H27N3O2. The van der Waals surface area contributed by atoms with Gasteiger partial charge in [0.2, 0.25) is 0 Å². The molecule has 2 aromatic rings. The molecule has 134 valence electrons. The summed E-state index contributed by atoms with van der Waals surface area (Å²) in [6, 6.07) is 4.18. The van der Waals surface area contributed by atoms with Crippen LogP contribution < -0.4 is 20.9 Å². The molecule has 1 aromatic carbocycles. The fraction of sp³-hybridized carbons (Fsp3) is 0.550. The van der Waals surface area contributed by atoms with Crippen molar-refractivity contribution >= 4 is 16.6 Å². The number of rotatable bonds is 5. The molecule has 0 saturated heterocycles. The third-order valence-corrected chi connectivity index (χ3v) is 5.60. The average molecular weight is 341 g/mol. The Labute approximate surface area is 148 Å². The summed E-state index contributed by atoms with van der Waals surface area (Å²) in [6.45, 7) is 2.78. The first-order valence-electron chi connectivity index (χ1n) is 9.46. The van der Waals surface area contributed by atoms with Crippen LogP contribution in [0.3, 0.4) is 0 Å². The summed E-state index contributed by atoms with van der Waals surface area (Å²) in [5.41, 5.74) is 3.83. The zero-order valence-corrected chi connectivity index (χ0v) is 14.9. The number of aromatic nitrogens is 1. The third kappa shape index (κ3) is 3.25. The number of fused-ring (bicyclic) bond motifs is 3. The number of nitrogens with one attached hydrogen (secondary N) is 3. The number of hydrogen-bond acceptors (Lipinski definition) is 4. The molecule has 5 nitrogen and oxygen atoms in total. The zero-order valence-electron chi connectivity index (χ0n) is 14.9. The maximum Gasteiger partial charge on any atom is 0.253 e. The lowest BCUT2D eigenvalue weighted by Crippen LogP contribution is -2.23. The number of hydrogen-bond donors (Lipinski definition) is 3. The topological polar surface area (TPSA) is 66.1 Å². The molecule has 0 bridgehead atoms. The van der Waals surface area contributed by atoms with Crippen molar-refractivity contribution in [2.45, 2.75) is 45.1 Å². The van der Waals surface area contributed by atoms with Crippen LogP contribution >= 0.6 is 0 Å². The van der Waals surface area contributed by atoms with Crippen LogP contribution in [0.2, 0.25) is 0 Å². The van der Waals surface area contributed by atoms with Crippen molar-refractivity contribution in [2.75, 3.05) is 25.5 Å². The van der Waals surface area contributed by atoms with Crippen LogP contribution in [0.15, 0.2) is 16.9 Å². The number of ether oxygens (including phenoxy) is 1. The monoisotopic (exact) mass is 341 g/mol. The van der Waals surface area contributed by atoms with Gasteiger partial charge in [-0.1, -0.05) is 12.8 Å². The summed E-state index contributed by atoms with van der Waals surface area (Å²) in [5, 5.41) is 7.98. The molecule has 1 aromatic heterocycles. The van der Waals surface area contributed by atoms with Gasteiger partial charge in [-0.3, -0.25) is 4.79 Å². The van der Waals surface area contributed by atoms with Crippen molar-refractivity contribution in [3.63, 3.8) is 0 Å².